The van der Waals surface area contributed by atoms with E-state index in [1.165, 1.54) is 5.69 Å². The fourth-order valence-electron chi connectivity index (χ4n) is 1.67. The molecule has 4 nitrogen and oxygen atoms in total. The zero-order chi connectivity index (χ0) is 13.7. The number of pyridine rings is 1. The van der Waals surface area contributed by atoms with Crippen molar-refractivity contribution in [2.45, 2.75) is 0 Å². The number of benzene rings is 1. The third kappa shape index (κ3) is 3.56. The number of hydrazine groups is 1. The maximum atomic E-state index is 5.27. The Labute approximate surface area is 113 Å². The van der Waals surface area contributed by atoms with Gasteiger partial charge in [-0.3, -0.25) is 0 Å². The maximum Gasteiger partial charge on any atom is 0.139 e. The molecule has 0 spiro atoms. The third-order valence-electron chi connectivity index (χ3n) is 2.81. The predicted molar refractivity (Wildman–Crippen MR) is 81.7 cm³/mol. The molecule has 0 bridgehead atoms. The van der Waals surface area contributed by atoms with E-state index < -0.39 is 0 Å². The third-order valence-corrected chi connectivity index (χ3v) is 2.81. The number of aromatic nitrogens is 1. The van der Waals surface area contributed by atoms with E-state index in [2.05, 4.69) is 45.7 Å². The Bertz CT molecular complexity index is 541. The Morgan fingerprint density at radius 2 is 1.63 bits per heavy atom. The molecule has 4 heteroatoms. The molecule has 0 aliphatic heterocycles. The van der Waals surface area contributed by atoms with Gasteiger partial charge in [0.05, 0.1) is 0 Å². The van der Waals surface area contributed by atoms with Crippen LogP contribution < -0.4 is 16.2 Å². The molecule has 1 aromatic heterocycles. The average molecular weight is 254 g/mol. The molecule has 0 atom stereocenters. The molecule has 3 N–H and O–H groups in total. The van der Waals surface area contributed by atoms with E-state index in [1.54, 1.807) is 6.20 Å². The molecule has 0 aliphatic carbocycles. The SMILES string of the molecule is CN(C)c1ccc(C=Cc2ccc(NN)nc2)cc1. The van der Waals surface area contributed by atoms with Gasteiger partial charge in [0.15, 0.2) is 0 Å². The smallest absolute Gasteiger partial charge is 0.139 e. The summed E-state index contributed by atoms with van der Waals surface area (Å²) in [6, 6.07) is 12.2. The molecule has 0 saturated carbocycles. The van der Waals surface area contributed by atoms with E-state index in [0.717, 1.165) is 11.1 Å². The van der Waals surface area contributed by atoms with E-state index in [4.69, 9.17) is 5.84 Å². The first-order chi connectivity index (χ1) is 9.19. The molecule has 0 radical (unpaired) electrons. The Balaban J connectivity index is 2.08. The van der Waals surface area contributed by atoms with Crippen LogP contribution in [0.5, 0.6) is 0 Å². The van der Waals surface area contributed by atoms with Crippen molar-refractivity contribution in [3.8, 4) is 0 Å². The molecule has 0 aliphatic rings. The second-order valence-corrected chi connectivity index (χ2v) is 4.44. The van der Waals surface area contributed by atoms with Crippen molar-refractivity contribution in [1.82, 2.24) is 4.98 Å². The van der Waals surface area contributed by atoms with Gasteiger partial charge < -0.3 is 10.3 Å². The van der Waals surface area contributed by atoms with Gasteiger partial charge in [-0.15, -0.1) is 0 Å². The zero-order valence-electron chi connectivity index (χ0n) is 11.2. The van der Waals surface area contributed by atoms with Crippen LogP contribution in [0, 0.1) is 0 Å². The van der Waals surface area contributed by atoms with Crippen LogP contribution in [0.4, 0.5) is 11.5 Å². The molecule has 1 heterocycles. The summed E-state index contributed by atoms with van der Waals surface area (Å²) in [5.41, 5.74) is 5.89. The van der Waals surface area contributed by atoms with E-state index in [1.807, 2.05) is 32.3 Å². The first kappa shape index (κ1) is 13.1. The Morgan fingerprint density at radius 1 is 1.00 bits per heavy atom. The van der Waals surface area contributed by atoms with E-state index in [0.29, 0.717) is 5.82 Å². The Hall–Kier alpha value is -2.33. The molecule has 2 aromatic rings. The summed E-state index contributed by atoms with van der Waals surface area (Å²) in [6.45, 7) is 0. The second kappa shape index (κ2) is 6.02. The lowest BCUT2D eigenvalue weighted by atomic mass is 10.1. The van der Waals surface area contributed by atoms with E-state index in [9.17, 15) is 0 Å². The van der Waals surface area contributed by atoms with Gasteiger partial charge in [0.25, 0.3) is 0 Å². The molecular formula is C15H18N4. The first-order valence-electron chi connectivity index (χ1n) is 6.07. The maximum absolute atomic E-state index is 5.27. The number of rotatable bonds is 4. The van der Waals surface area contributed by atoms with Gasteiger partial charge in [0, 0.05) is 26.0 Å². The van der Waals surface area contributed by atoms with Gasteiger partial charge >= 0.3 is 0 Å². The lowest BCUT2D eigenvalue weighted by Crippen LogP contribution is -2.07. The fraction of sp³-hybridized carbons (Fsp3) is 0.133. The van der Waals surface area contributed by atoms with Gasteiger partial charge in [-0.25, -0.2) is 10.8 Å². The lowest BCUT2D eigenvalue weighted by Gasteiger charge is -2.11. The second-order valence-electron chi connectivity index (χ2n) is 4.44. The normalized spacial score (nSPS) is 10.7. The number of nitrogens with one attached hydrogen (secondary N) is 1. The van der Waals surface area contributed by atoms with Crippen LogP contribution in [0.2, 0.25) is 0 Å². The number of anilines is 2. The number of hydrogen-bond donors (Lipinski definition) is 2. The summed E-state index contributed by atoms with van der Waals surface area (Å²) in [4.78, 5) is 6.23. The first-order valence-corrected chi connectivity index (χ1v) is 6.07. The molecule has 1 aromatic carbocycles. The van der Waals surface area contributed by atoms with Crippen LogP contribution in [0.25, 0.3) is 12.2 Å². The molecule has 0 saturated heterocycles. The van der Waals surface area contributed by atoms with Crippen molar-refractivity contribution in [3.05, 3.63) is 53.7 Å². The summed E-state index contributed by atoms with van der Waals surface area (Å²) in [5, 5.41) is 0. The average Bonchev–Trinajstić information content (AvgIpc) is 2.46. The predicted octanol–water partition coefficient (Wildman–Crippen LogP) is 2.60. The van der Waals surface area contributed by atoms with Crippen molar-refractivity contribution >= 4 is 23.7 Å². The Kier molecular flexibility index (Phi) is 4.15. The summed E-state index contributed by atoms with van der Waals surface area (Å²) in [5.74, 6) is 5.93. The van der Waals surface area contributed by atoms with Crippen molar-refractivity contribution in [2.24, 2.45) is 5.84 Å². The highest BCUT2D eigenvalue weighted by atomic mass is 15.2. The number of hydrogen-bond acceptors (Lipinski definition) is 4. The minimum atomic E-state index is 0.660. The topological polar surface area (TPSA) is 54.2 Å². The monoisotopic (exact) mass is 254 g/mol. The van der Waals surface area contributed by atoms with Gasteiger partial charge in [0.1, 0.15) is 5.82 Å². The van der Waals surface area contributed by atoms with Crippen LogP contribution in [-0.4, -0.2) is 19.1 Å². The zero-order valence-corrected chi connectivity index (χ0v) is 11.2. The van der Waals surface area contributed by atoms with Gasteiger partial charge in [-0.05, 0) is 35.4 Å². The minimum Gasteiger partial charge on any atom is -0.378 e. The van der Waals surface area contributed by atoms with E-state index >= 15 is 0 Å². The molecule has 0 amide bonds. The quantitative estimate of drug-likeness (QED) is 0.650. The number of nitrogens with two attached hydrogens (primary N) is 1. The van der Waals surface area contributed by atoms with Crippen LogP contribution >= 0.6 is 0 Å². The van der Waals surface area contributed by atoms with Crippen LogP contribution in [0.15, 0.2) is 42.6 Å². The minimum absolute atomic E-state index is 0.660. The van der Waals surface area contributed by atoms with E-state index in [-0.39, 0.29) is 0 Å². The number of nitrogens with zero attached hydrogens (tertiary/aromatic N) is 2. The highest BCUT2D eigenvalue weighted by molar-refractivity contribution is 5.70. The summed E-state index contributed by atoms with van der Waals surface area (Å²) in [6.07, 6.45) is 5.86. The van der Waals surface area contributed by atoms with Crippen molar-refractivity contribution in [3.63, 3.8) is 0 Å². The van der Waals surface area contributed by atoms with Crippen molar-refractivity contribution in [2.75, 3.05) is 24.4 Å². The largest absolute Gasteiger partial charge is 0.378 e. The summed E-state index contributed by atoms with van der Waals surface area (Å²) >= 11 is 0. The van der Waals surface area contributed by atoms with Crippen LogP contribution in [-0.2, 0) is 0 Å². The van der Waals surface area contributed by atoms with Gasteiger partial charge in [0.2, 0.25) is 0 Å². The van der Waals surface area contributed by atoms with Gasteiger partial charge in [-0.1, -0.05) is 24.3 Å². The summed E-state index contributed by atoms with van der Waals surface area (Å²) < 4.78 is 0. The fourth-order valence-corrected chi connectivity index (χ4v) is 1.67. The van der Waals surface area contributed by atoms with Crippen LogP contribution in [0.1, 0.15) is 11.1 Å². The van der Waals surface area contributed by atoms with Crippen molar-refractivity contribution < 1.29 is 0 Å². The molecule has 0 unspecified atom stereocenters. The van der Waals surface area contributed by atoms with Crippen molar-refractivity contribution in [1.29, 1.82) is 0 Å². The lowest BCUT2D eigenvalue weighted by molar-refractivity contribution is 1.13. The standard InChI is InChI=1S/C15H18N4/c1-19(2)14-8-5-12(6-9-14)3-4-13-7-10-15(18-16)17-11-13/h3-11H,16H2,1-2H3,(H,17,18). The molecule has 98 valence electrons. The summed E-state index contributed by atoms with van der Waals surface area (Å²) in [7, 11) is 4.06. The Morgan fingerprint density at radius 3 is 2.16 bits per heavy atom. The molecule has 2 rings (SSSR count). The molecular weight excluding hydrogens is 236 g/mol. The molecule has 0 fully saturated rings. The van der Waals surface area contributed by atoms with Gasteiger partial charge in [-0.2, -0.15) is 0 Å². The highest BCUT2D eigenvalue weighted by Gasteiger charge is 1.94. The number of nitrogen functional groups attached to an aromatic ring is 1. The highest BCUT2D eigenvalue weighted by Crippen LogP contribution is 2.14. The van der Waals surface area contributed by atoms with Crippen LogP contribution in [0.3, 0.4) is 0 Å². The molecule has 19 heavy (non-hydrogen) atoms.